The first kappa shape index (κ1) is 21.8. The van der Waals surface area contributed by atoms with Gasteiger partial charge in [0.15, 0.2) is 5.65 Å². The van der Waals surface area contributed by atoms with Crippen LogP contribution in [0.5, 0.6) is 5.75 Å². The van der Waals surface area contributed by atoms with Crippen LogP contribution in [0.25, 0.3) is 5.65 Å². The predicted molar refractivity (Wildman–Crippen MR) is 111 cm³/mol. The lowest BCUT2D eigenvalue weighted by atomic mass is 10.1. The lowest BCUT2D eigenvalue weighted by Gasteiger charge is -2.23. The molecule has 1 saturated heterocycles. The Bertz CT molecular complexity index is 1080. The molecule has 32 heavy (non-hydrogen) atoms. The molecule has 0 aliphatic carbocycles. The van der Waals surface area contributed by atoms with Gasteiger partial charge in [0, 0.05) is 32.6 Å². The molecule has 0 radical (unpaired) electrons. The smallest absolute Gasteiger partial charge is 0.453 e. The summed E-state index contributed by atoms with van der Waals surface area (Å²) in [5.41, 5.74) is 1.09. The van der Waals surface area contributed by atoms with Gasteiger partial charge in [-0.3, -0.25) is 4.79 Å². The van der Waals surface area contributed by atoms with E-state index in [0.29, 0.717) is 51.3 Å². The van der Waals surface area contributed by atoms with Crippen molar-refractivity contribution in [3.63, 3.8) is 0 Å². The Morgan fingerprint density at radius 2 is 1.81 bits per heavy atom. The van der Waals surface area contributed by atoms with Crippen molar-refractivity contribution < 1.29 is 22.7 Å². The monoisotopic (exact) mass is 448 g/mol. The fourth-order valence-electron chi connectivity index (χ4n) is 3.72. The summed E-state index contributed by atoms with van der Waals surface area (Å²) < 4.78 is 45.3. The molecular formula is C21H23F3N6O2. The van der Waals surface area contributed by atoms with Gasteiger partial charge in [-0.05, 0) is 42.7 Å². The van der Waals surface area contributed by atoms with Gasteiger partial charge >= 0.3 is 6.18 Å². The summed E-state index contributed by atoms with van der Waals surface area (Å²) in [4.78, 5) is 16.4. The number of nitrogens with zero attached hydrogens (tertiary/aromatic N) is 6. The van der Waals surface area contributed by atoms with Crippen LogP contribution in [-0.2, 0) is 17.4 Å². The second kappa shape index (κ2) is 9.01. The summed E-state index contributed by atoms with van der Waals surface area (Å²) in [5, 5.41) is 10.9. The van der Waals surface area contributed by atoms with Crippen LogP contribution in [0.1, 0.15) is 24.2 Å². The van der Waals surface area contributed by atoms with Gasteiger partial charge in [-0.15, -0.1) is 15.3 Å². The third kappa shape index (κ3) is 4.76. The fourth-order valence-corrected chi connectivity index (χ4v) is 3.72. The van der Waals surface area contributed by atoms with Crippen LogP contribution < -0.4 is 9.64 Å². The number of aryl methyl sites for hydroxylation is 1. The number of carbonyl (C=O) groups excluding carboxylic acids is 1. The summed E-state index contributed by atoms with van der Waals surface area (Å²) in [7, 11) is 1.61. The molecule has 1 aliphatic rings. The van der Waals surface area contributed by atoms with Crippen molar-refractivity contribution in [2.75, 3.05) is 38.2 Å². The molecule has 0 spiro atoms. The van der Waals surface area contributed by atoms with E-state index >= 15 is 0 Å². The Kier molecular flexibility index (Phi) is 6.15. The first-order valence-electron chi connectivity index (χ1n) is 10.3. The highest BCUT2D eigenvalue weighted by Gasteiger charge is 2.37. The Hall–Kier alpha value is -3.37. The number of hydrogen-bond acceptors (Lipinski definition) is 6. The number of amides is 1. The number of fused-ring (bicyclic) bond motifs is 1. The van der Waals surface area contributed by atoms with E-state index in [9.17, 15) is 18.0 Å². The number of hydrogen-bond donors (Lipinski definition) is 0. The van der Waals surface area contributed by atoms with E-state index < -0.39 is 12.0 Å². The van der Waals surface area contributed by atoms with E-state index in [1.807, 2.05) is 34.1 Å². The van der Waals surface area contributed by atoms with Crippen LogP contribution in [0.2, 0.25) is 0 Å². The van der Waals surface area contributed by atoms with Gasteiger partial charge in [-0.25, -0.2) is 0 Å². The molecule has 3 aromatic rings. The van der Waals surface area contributed by atoms with Crippen molar-refractivity contribution in [2.24, 2.45) is 0 Å². The molecule has 0 atom stereocenters. The van der Waals surface area contributed by atoms with Gasteiger partial charge in [-0.2, -0.15) is 17.7 Å². The average molecular weight is 448 g/mol. The zero-order valence-electron chi connectivity index (χ0n) is 17.5. The molecule has 0 bridgehead atoms. The largest absolute Gasteiger partial charge is 0.497 e. The van der Waals surface area contributed by atoms with Gasteiger partial charge < -0.3 is 14.5 Å². The number of anilines is 1. The normalized spacial score (nSPS) is 15.1. The maximum Gasteiger partial charge on any atom is 0.453 e. The van der Waals surface area contributed by atoms with Gasteiger partial charge in [0.1, 0.15) is 11.6 Å². The summed E-state index contributed by atoms with van der Waals surface area (Å²) >= 11 is 0. The topological polar surface area (TPSA) is 75.9 Å². The maximum absolute atomic E-state index is 13.1. The van der Waals surface area contributed by atoms with Crippen LogP contribution in [0, 0.1) is 0 Å². The highest BCUT2D eigenvalue weighted by molar-refractivity contribution is 5.76. The molecule has 4 rings (SSSR count). The molecule has 0 saturated carbocycles. The van der Waals surface area contributed by atoms with Gasteiger partial charge in [-0.1, -0.05) is 12.1 Å². The van der Waals surface area contributed by atoms with Crippen LogP contribution >= 0.6 is 0 Å². The van der Waals surface area contributed by atoms with E-state index in [2.05, 4.69) is 15.3 Å². The molecule has 0 unspecified atom stereocenters. The highest BCUT2D eigenvalue weighted by atomic mass is 19.4. The SMILES string of the molecule is COc1ccc(CCC(=O)N2CCCN(c3ccc4nnc(C(F)(F)F)n4n3)CC2)cc1. The van der Waals surface area contributed by atoms with Crippen molar-refractivity contribution in [3.8, 4) is 5.75 Å². The van der Waals surface area contributed by atoms with Crippen molar-refractivity contribution in [3.05, 3.63) is 47.8 Å². The van der Waals surface area contributed by atoms with Crippen LogP contribution in [-0.4, -0.2) is 63.9 Å². The molecule has 11 heteroatoms. The van der Waals surface area contributed by atoms with E-state index in [1.54, 1.807) is 13.2 Å². The number of benzene rings is 1. The quantitative estimate of drug-likeness (QED) is 0.598. The lowest BCUT2D eigenvalue weighted by Crippen LogP contribution is -2.35. The minimum Gasteiger partial charge on any atom is -0.497 e. The zero-order chi connectivity index (χ0) is 22.7. The van der Waals surface area contributed by atoms with Crippen molar-refractivity contribution in [1.82, 2.24) is 24.7 Å². The number of carbonyl (C=O) groups is 1. The third-order valence-electron chi connectivity index (χ3n) is 5.46. The first-order chi connectivity index (χ1) is 15.3. The number of alkyl halides is 3. The molecule has 170 valence electrons. The maximum atomic E-state index is 13.1. The third-order valence-corrected chi connectivity index (χ3v) is 5.46. The van der Waals surface area contributed by atoms with Crippen molar-refractivity contribution in [2.45, 2.75) is 25.4 Å². The Morgan fingerprint density at radius 1 is 1.03 bits per heavy atom. The van der Waals surface area contributed by atoms with Gasteiger partial charge in [0.25, 0.3) is 5.82 Å². The van der Waals surface area contributed by atoms with Crippen molar-refractivity contribution in [1.29, 1.82) is 0 Å². The molecule has 8 nitrogen and oxygen atoms in total. The van der Waals surface area contributed by atoms with Gasteiger partial charge in [0.2, 0.25) is 5.91 Å². The Morgan fingerprint density at radius 3 is 2.53 bits per heavy atom. The second-order valence-corrected chi connectivity index (χ2v) is 7.55. The highest BCUT2D eigenvalue weighted by Crippen LogP contribution is 2.28. The zero-order valence-corrected chi connectivity index (χ0v) is 17.5. The fraction of sp³-hybridized carbons (Fsp3) is 0.429. The summed E-state index contributed by atoms with van der Waals surface area (Å²) in [5.74, 6) is 0.0763. The molecule has 3 heterocycles. The average Bonchev–Trinajstić information content (AvgIpc) is 3.07. The molecule has 1 aliphatic heterocycles. The lowest BCUT2D eigenvalue weighted by molar-refractivity contribution is -0.146. The van der Waals surface area contributed by atoms with Crippen molar-refractivity contribution >= 4 is 17.4 Å². The Balaban J connectivity index is 1.38. The number of aromatic nitrogens is 4. The van der Waals surface area contributed by atoms with E-state index in [-0.39, 0.29) is 11.6 Å². The Labute approximate surface area is 182 Å². The standard InChI is InChI=1S/C21H23F3N6O2/c1-32-16-6-3-15(4-7-16)5-10-19(31)29-12-2-11-28(13-14-29)18-9-8-17-25-26-20(21(22,23)24)30(17)27-18/h3-4,6-9H,2,5,10-14H2,1H3. The summed E-state index contributed by atoms with van der Waals surface area (Å²) in [6, 6.07) is 10.7. The summed E-state index contributed by atoms with van der Waals surface area (Å²) in [6.07, 6.45) is -2.92. The summed E-state index contributed by atoms with van der Waals surface area (Å²) in [6.45, 7) is 2.15. The number of ether oxygens (including phenoxy) is 1. The predicted octanol–water partition coefficient (Wildman–Crippen LogP) is 2.82. The van der Waals surface area contributed by atoms with Crippen LogP contribution in [0.3, 0.4) is 0 Å². The molecular weight excluding hydrogens is 425 g/mol. The first-order valence-corrected chi connectivity index (χ1v) is 10.3. The number of halogens is 3. The second-order valence-electron chi connectivity index (χ2n) is 7.55. The molecule has 1 amide bonds. The number of methoxy groups -OCH3 is 1. The minimum absolute atomic E-state index is 0.0335. The molecule has 2 aromatic heterocycles. The van der Waals surface area contributed by atoms with E-state index in [4.69, 9.17) is 4.74 Å². The molecule has 0 N–H and O–H groups in total. The van der Waals surface area contributed by atoms with Gasteiger partial charge in [0.05, 0.1) is 7.11 Å². The van der Waals surface area contributed by atoms with E-state index in [1.165, 1.54) is 6.07 Å². The molecule has 1 fully saturated rings. The minimum atomic E-state index is -4.64. The van der Waals surface area contributed by atoms with E-state index in [0.717, 1.165) is 15.8 Å². The van der Waals surface area contributed by atoms with Crippen LogP contribution in [0.4, 0.5) is 19.0 Å². The molecule has 1 aromatic carbocycles. The van der Waals surface area contributed by atoms with Crippen LogP contribution in [0.15, 0.2) is 36.4 Å². The number of rotatable bonds is 5.